The molecule has 2 rings (SSSR count). The molecule has 1 N–H and O–H groups in total. The van der Waals surface area contributed by atoms with Gasteiger partial charge in [0, 0.05) is 23.0 Å². The van der Waals surface area contributed by atoms with Gasteiger partial charge in [-0.1, -0.05) is 59.6 Å². The molecular weight excluding hydrogens is 314 g/mol. The molecule has 1 aromatic carbocycles. The molecule has 20 heavy (non-hydrogen) atoms. The molecule has 0 spiro atoms. The first-order valence-electron chi connectivity index (χ1n) is 7.08. The fourth-order valence-electron chi connectivity index (χ4n) is 2.38. The maximum absolute atomic E-state index is 11.9. The number of alkyl halides is 1. The molecule has 1 aromatic heterocycles. The van der Waals surface area contributed by atoms with E-state index < -0.39 is 0 Å². The maximum Gasteiger partial charge on any atom is 0.248 e. The van der Waals surface area contributed by atoms with Crippen LogP contribution in [-0.4, -0.2) is 10.3 Å². The summed E-state index contributed by atoms with van der Waals surface area (Å²) in [4.78, 5) is 14.8. The largest absolute Gasteiger partial charge is 0.326 e. The van der Waals surface area contributed by atoms with Gasteiger partial charge in [0.1, 0.15) is 0 Å². The molecule has 2 aromatic rings. The van der Waals surface area contributed by atoms with Crippen molar-refractivity contribution in [2.45, 2.75) is 32.1 Å². The molecule has 0 aliphatic heterocycles. The van der Waals surface area contributed by atoms with Crippen molar-refractivity contribution in [3.63, 3.8) is 0 Å². The highest BCUT2D eigenvalue weighted by atomic mass is 79.9. The minimum absolute atomic E-state index is 0.00418. The highest BCUT2D eigenvalue weighted by Crippen LogP contribution is 2.26. The molecule has 0 aliphatic carbocycles. The molecule has 1 heterocycles. The molecule has 0 fully saturated rings. The first-order chi connectivity index (χ1) is 9.74. The third-order valence-electron chi connectivity index (χ3n) is 3.48. The second-order valence-corrected chi connectivity index (χ2v) is 5.67. The number of aromatic nitrogens is 1. The summed E-state index contributed by atoms with van der Waals surface area (Å²) in [5, 5.41) is 0.813. The monoisotopic (exact) mass is 333 g/mol. The Bertz CT molecular complexity index is 591. The van der Waals surface area contributed by atoms with Crippen LogP contribution in [0.25, 0.3) is 0 Å². The first-order valence-corrected chi connectivity index (χ1v) is 8.20. The number of aromatic amines is 1. The van der Waals surface area contributed by atoms with E-state index in [-0.39, 0.29) is 11.5 Å². The number of rotatable bonds is 6. The molecule has 2 nitrogen and oxygen atoms in total. The first kappa shape index (κ1) is 15.0. The summed E-state index contributed by atoms with van der Waals surface area (Å²) in [7, 11) is 0. The number of nitrogens with one attached hydrogen (secondary N) is 1. The zero-order valence-electron chi connectivity index (χ0n) is 11.7. The summed E-state index contributed by atoms with van der Waals surface area (Å²) in [6.45, 7) is 2.16. The molecule has 0 saturated heterocycles. The summed E-state index contributed by atoms with van der Waals surface area (Å²) in [5.74, 6) is 0.221. The van der Waals surface area contributed by atoms with Crippen molar-refractivity contribution in [3.8, 4) is 0 Å². The Morgan fingerprint density at radius 3 is 2.55 bits per heavy atom. The number of pyridine rings is 1. The van der Waals surface area contributed by atoms with Crippen LogP contribution in [0.5, 0.6) is 0 Å². The molecule has 1 unspecified atom stereocenters. The number of unbranched alkanes of at least 4 members (excludes halogenated alkanes) is 1. The van der Waals surface area contributed by atoms with E-state index in [2.05, 4.69) is 46.0 Å². The average Bonchev–Trinajstić information content (AvgIpc) is 2.46. The predicted octanol–water partition coefficient (Wildman–Crippen LogP) is 4.24. The Morgan fingerprint density at radius 2 is 1.90 bits per heavy atom. The second kappa shape index (κ2) is 7.44. The van der Waals surface area contributed by atoms with Crippen molar-refractivity contribution in [2.75, 3.05) is 5.33 Å². The van der Waals surface area contributed by atoms with E-state index >= 15 is 0 Å². The Hall–Kier alpha value is -1.35. The van der Waals surface area contributed by atoms with Crippen molar-refractivity contribution in [3.05, 3.63) is 69.6 Å². The molecule has 0 saturated carbocycles. The summed E-state index contributed by atoms with van der Waals surface area (Å²) in [5.41, 5.74) is 3.35. The third kappa shape index (κ3) is 3.83. The number of halogens is 1. The van der Waals surface area contributed by atoms with Crippen LogP contribution in [0.3, 0.4) is 0 Å². The van der Waals surface area contributed by atoms with Crippen molar-refractivity contribution in [2.24, 2.45) is 0 Å². The van der Waals surface area contributed by atoms with Crippen LogP contribution in [0.2, 0.25) is 0 Å². The summed E-state index contributed by atoms with van der Waals surface area (Å²) in [6, 6.07) is 14.2. The number of hydrogen-bond acceptors (Lipinski definition) is 1. The fraction of sp³-hybridized carbons (Fsp3) is 0.353. The Morgan fingerprint density at radius 1 is 1.15 bits per heavy atom. The predicted molar refractivity (Wildman–Crippen MR) is 87.8 cm³/mol. The standard InChI is InChI=1S/C17H20BrNO/c1-2-3-9-15-10-14(11-17(20)19-15)16(12-18)13-7-5-4-6-8-13/h4-8,10-11,16H,2-3,9,12H2,1H3,(H,19,20). The van der Waals surface area contributed by atoms with Gasteiger partial charge in [-0.2, -0.15) is 0 Å². The molecule has 3 heteroatoms. The van der Waals surface area contributed by atoms with Crippen LogP contribution in [-0.2, 0) is 6.42 Å². The quantitative estimate of drug-likeness (QED) is 0.788. The average molecular weight is 334 g/mol. The van der Waals surface area contributed by atoms with Gasteiger partial charge in [-0.05, 0) is 30.0 Å². The SMILES string of the molecule is CCCCc1cc(C(CBr)c2ccccc2)cc(=O)[nH]1. The lowest BCUT2D eigenvalue weighted by molar-refractivity contribution is 0.769. The molecule has 0 aliphatic rings. The van der Waals surface area contributed by atoms with E-state index in [4.69, 9.17) is 0 Å². The van der Waals surface area contributed by atoms with E-state index in [0.29, 0.717) is 0 Å². The molecule has 0 amide bonds. The third-order valence-corrected chi connectivity index (χ3v) is 4.13. The van der Waals surface area contributed by atoms with Crippen molar-refractivity contribution < 1.29 is 0 Å². The van der Waals surface area contributed by atoms with Crippen LogP contribution in [0.1, 0.15) is 42.5 Å². The molecular formula is C17H20BrNO. The van der Waals surface area contributed by atoms with Crippen molar-refractivity contribution in [1.82, 2.24) is 4.98 Å². The van der Waals surface area contributed by atoms with Gasteiger partial charge < -0.3 is 4.98 Å². The Balaban J connectivity index is 2.34. The lowest BCUT2D eigenvalue weighted by atomic mass is 9.93. The maximum atomic E-state index is 11.9. The van der Waals surface area contributed by atoms with Gasteiger partial charge in [-0.15, -0.1) is 0 Å². The van der Waals surface area contributed by atoms with Gasteiger partial charge in [-0.3, -0.25) is 4.79 Å². The van der Waals surface area contributed by atoms with Gasteiger partial charge in [0.15, 0.2) is 0 Å². The zero-order valence-corrected chi connectivity index (χ0v) is 13.3. The highest BCUT2D eigenvalue weighted by Gasteiger charge is 2.14. The van der Waals surface area contributed by atoms with E-state index in [1.165, 1.54) is 5.56 Å². The number of hydrogen-bond donors (Lipinski definition) is 1. The van der Waals surface area contributed by atoms with Gasteiger partial charge >= 0.3 is 0 Å². The summed E-state index contributed by atoms with van der Waals surface area (Å²) < 4.78 is 0. The van der Waals surface area contributed by atoms with Crippen LogP contribution in [0.15, 0.2) is 47.3 Å². The van der Waals surface area contributed by atoms with E-state index in [0.717, 1.165) is 35.8 Å². The van der Waals surface area contributed by atoms with Crippen LogP contribution < -0.4 is 5.56 Å². The highest BCUT2D eigenvalue weighted by molar-refractivity contribution is 9.09. The van der Waals surface area contributed by atoms with E-state index in [9.17, 15) is 4.79 Å². The van der Waals surface area contributed by atoms with Crippen molar-refractivity contribution in [1.29, 1.82) is 0 Å². The zero-order chi connectivity index (χ0) is 14.4. The Kier molecular flexibility index (Phi) is 5.60. The molecule has 0 bridgehead atoms. The number of H-pyrrole nitrogens is 1. The fourth-order valence-corrected chi connectivity index (χ4v) is 3.13. The van der Waals surface area contributed by atoms with Crippen LogP contribution >= 0.6 is 15.9 Å². The lowest BCUT2D eigenvalue weighted by Gasteiger charge is -2.16. The topological polar surface area (TPSA) is 32.9 Å². The van der Waals surface area contributed by atoms with Crippen LogP contribution in [0.4, 0.5) is 0 Å². The Labute approximate surface area is 128 Å². The minimum atomic E-state index is -0.00418. The smallest absolute Gasteiger partial charge is 0.248 e. The van der Waals surface area contributed by atoms with E-state index in [1.807, 2.05) is 18.2 Å². The summed E-state index contributed by atoms with van der Waals surface area (Å²) >= 11 is 3.58. The van der Waals surface area contributed by atoms with Crippen molar-refractivity contribution >= 4 is 15.9 Å². The number of aryl methyl sites for hydroxylation is 1. The molecule has 0 radical (unpaired) electrons. The van der Waals surface area contributed by atoms with Gasteiger partial charge in [0.2, 0.25) is 5.56 Å². The van der Waals surface area contributed by atoms with Gasteiger partial charge in [-0.25, -0.2) is 0 Å². The van der Waals surface area contributed by atoms with E-state index in [1.54, 1.807) is 6.07 Å². The molecule has 106 valence electrons. The lowest BCUT2D eigenvalue weighted by Crippen LogP contribution is -2.13. The second-order valence-electron chi connectivity index (χ2n) is 5.02. The van der Waals surface area contributed by atoms with Gasteiger partial charge in [0.25, 0.3) is 0 Å². The summed E-state index contributed by atoms with van der Waals surface area (Å²) in [6.07, 6.45) is 3.17. The minimum Gasteiger partial charge on any atom is -0.326 e. The molecule has 1 atom stereocenters. The van der Waals surface area contributed by atoms with Crippen LogP contribution in [0, 0.1) is 0 Å². The van der Waals surface area contributed by atoms with Gasteiger partial charge in [0.05, 0.1) is 0 Å². The normalized spacial score (nSPS) is 12.3. The number of benzene rings is 1.